The van der Waals surface area contributed by atoms with Crippen LogP contribution in [0.1, 0.15) is 34.6 Å². The number of benzene rings is 1. The Morgan fingerprint density at radius 1 is 1.12 bits per heavy atom. The maximum atomic E-state index is 12.6. The number of hydrogen-bond acceptors (Lipinski definition) is 4. The molecule has 0 saturated carbocycles. The van der Waals surface area contributed by atoms with Gasteiger partial charge in [0.15, 0.2) is 0 Å². The predicted octanol–water partition coefficient (Wildman–Crippen LogP) is 2.87. The van der Waals surface area contributed by atoms with Crippen LogP contribution in [0.5, 0.6) is 0 Å². The van der Waals surface area contributed by atoms with Crippen molar-refractivity contribution in [3.63, 3.8) is 0 Å². The minimum Gasteiger partial charge on any atom is -0.397 e. The molecule has 1 fully saturated rings. The zero-order valence-electron chi connectivity index (χ0n) is 13.8. The third kappa shape index (κ3) is 3.56. The van der Waals surface area contributed by atoms with Crippen LogP contribution in [-0.2, 0) is 0 Å². The summed E-state index contributed by atoms with van der Waals surface area (Å²) in [4.78, 5) is 18.9. The molecule has 5 heteroatoms. The van der Waals surface area contributed by atoms with Gasteiger partial charge in [-0.15, -0.1) is 0 Å². The Kier molecular flexibility index (Phi) is 4.51. The number of aromatic nitrogens is 1. The van der Waals surface area contributed by atoms with E-state index in [0.29, 0.717) is 30.0 Å². The van der Waals surface area contributed by atoms with Gasteiger partial charge in [-0.3, -0.25) is 9.78 Å². The van der Waals surface area contributed by atoms with Gasteiger partial charge < -0.3 is 16.4 Å². The summed E-state index contributed by atoms with van der Waals surface area (Å²) in [5.74, 6) is 0.00873. The molecule has 24 heavy (non-hydrogen) atoms. The molecule has 0 atom stereocenters. The minimum absolute atomic E-state index is 0.00873. The minimum atomic E-state index is 0.00873. The maximum absolute atomic E-state index is 12.6. The monoisotopic (exact) mass is 322 g/mol. The van der Waals surface area contributed by atoms with Gasteiger partial charge in [-0.05, 0) is 56.2 Å². The van der Waals surface area contributed by atoms with Crippen molar-refractivity contribution in [3.05, 3.63) is 58.9 Å². The third-order valence-electron chi connectivity index (χ3n) is 4.29. The summed E-state index contributed by atoms with van der Waals surface area (Å²) in [6.07, 6.45) is 3.87. The number of carbonyl (C=O) groups is 1. The first-order valence-corrected chi connectivity index (χ1v) is 8.10. The Morgan fingerprint density at radius 2 is 1.88 bits per heavy atom. The van der Waals surface area contributed by atoms with Crippen molar-refractivity contribution in [2.75, 3.05) is 24.6 Å². The van der Waals surface area contributed by atoms with E-state index in [1.807, 2.05) is 30.0 Å². The van der Waals surface area contributed by atoms with E-state index < -0.39 is 0 Å². The van der Waals surface area contributed by atoms with E-state index in [2.05, 4.69) is 11.1 Å². The molecule has 1 aromatic carbocycles. The van der Waals surface area contributed by atoms with Crippen LogP contribution in [0.2, 0.25) is 0 Å². The highest BCUT2D eigenvalue weighted by Gasteiger charge is 2.20. The molecule has 1 aliphatic rings. The van der Waals surface area contributed by atoms with Gasteiger partial charge in [0.25, 0.3) is 5.91 Å². The van der Waals surface area contributed by atoms with Crippen molar-refractivity contribution in [2.45, 2.75) is 19.8 Å². The Bertz CT molecular complexity index is 788. The molecule has 5 nitrogen and oxygen atoms in total. The summed E-state index contributed by atoms with van der Waals surface area (Å²) in [7, 11) is 0. The number of rotatable bonds is 2. The number of nitrogens with zero attached hydrogens (tertiary/aromatic N) is 2. The van der Waals surface area contributed by atoms with E-state index in [0.717, 1.165) is 24.2 Å². The normalized spacial score (nSPS) is 14.5. The molecule has 3 rings (SSSR count). The highest BCUT2D eigenvalue weighted by molar-refractivity contribution is 5.96. The predicted molar refractivity (Wildman–Crippen MR) is 97.4 cm³/mol. The van der Waals surface area contributed by atoms with Gasteiger partial charge in [-0.1, -0.05) is 11.6 Å². The second kappa shape index (κ2) is 6.74. The van der Waals surface area contributed by atoms with E-state index in [-0.39, 0.29) is 5.91 Å². The molecule has 0 bridgehead atoms. The van der Waals surface area contributed by atoms with Crippen molar-refractivity contribution >= 4 is 23.4 Å². The molecule has 2 heterocycles. The Morgan fingerprint density at radius 3 is 2.54 bits per heavy atom. The average molecular weight is 322 g/mol. The van der Waals surface area contributed by atoms with Gasteiger partial charge in [0.2, 0.25) is 0 Å². The molecule has 1 amide bonds. The van der Waals surface area contributed by atoms with Crippen LogP contribution in [-0.4, -0.2) is 28.9 Å². The average Bonchev–Trinajstić information content (AvgIpc) is 2.57. The third-order valence-corrected chi connectivity index (χ3v) is 4.29. The fourth-order valence-corrected chi connectivity index (χ4v) is 2.89. The number of amides is 1. The van der Waals surface area contributed by atoms with Crippen molar-refractivity contribution in [1.29, 1.82) is 0 Å². The van der Waals surface area contributed by atoms with E-state index >= 15 is 0 Å². The number of nitrogen functional groups attached to an aromatic ring is 2. The van der Waals surface area contributed by atoms with Gasteiger partial charge in [-0.2, -0.15) is 0 Å². The highest BCUT2D eigenvalue weighted by atomic mass is 16.2. The quantitative estimate of drug-likeness (QED) is 0.833. The van der Waals surface area contributed by atoms with Crippen molar-refractivity contribution in [1.82, 2.24) is 9.88 Å². The first kappa shape index (κ1) is 16.1. The van der Waals surface area contributed by atoms with Crippen LogP contribution in [0.3, 0.4) is 0 Å². The molecule has 0 radical (unpaired) electrons. The van der Waals surface area contributed by atoms with Crippen molar-refractivity contribution in [3.8, 4) is 0 Å². The van der Waals surface area contributed by atoms with Crippen LogP contribution in [0, 0.1) is 6.92 Å². The molecule has 1 aromatic heterocycles. The van der Waals surface area contributed by atoms with E-state index in [1.165, 1.54) is 5.57 Å². The Balaban J connectivity index is 1.66. The van der Waals surface area contributed by atoms with Gasteiger partial charge >= 0.3 is 0 Å². The molecule has 0 aliphatic carbocycles. The number of hydrogen-bond donors (Lipinski definition) is 2. The SMILES string of the molecule is Cc1cccc(C=C2CCN(C(=O)c3ccc(N)c(N)c3)CC2)n1. The van der Waals surface area contributed by atoms with E-state index in [4.69, 9.17) is 11.5 Å². The molecule has 0 unspecified atom stereocenters. The fourth-order valence-electron chi connectivity index (χ4n) is 2.89. The second-order valence-electron chi connectivity index (χ2n) is 6.14. The second-order valence-corrected chi connectivity index (χ2v) is 6.14. The number of pyridine rings is 1. The summed E-state index contributed by atoms with van der Waals surface area (Å²) < 4.78 is 0. The summed E-state index contributed by atoms with van der Waals surface area (Å²) in [6, 6.07) is 11.1. The van der Waals surface area contributed by atoms with Crippen LogP contribution in [0.15, 0.2) is 42.0 Å². The number of aryl methyl sites for hydroxylation is 1. The molecule has 1 aliphatic heterocycles. The molecular formula is C19H22N4O. The Hall–Kier alpha value is -2.82. The Labute approximate surface area is 142 Å². The lowest BCUT2D eigenvalue weighted by Crippen LogP contribution is -2.36. The van der Waals surface area contributed by atoms with Crippen molar-refractivity contribution < 1.29 is 4.79 Å². The number of carbonyl (C=O) groups excluding carboxylic acids is 1. The standard InChI is InChI=1S/C19H22N4O/c1-13-3-2-4-16(22-13)11-14-7-9-23(10-8-14)19(24)15-5-6-17(20)18(21)12-15/h2-6,11-12H,7-10,20-21H2,1H3. The number of likely N-dealkylation sites (tertiary alicyclic amines) is 1. The fraction of sp³-hybridized carbons (Fsp3) is 0.263. The number of anilines is 2. The van der Waals surface area contributed by atoms with Gasteiger partial charge in [-0.25, -0.2) is 0 Å². The largest absolute Gasteiger partial charge is 0.397 e. The molecular weight excluding hydrogens is 300 g/mol. The molecule has 2 aromatic rings. The zero-order chi connectivity index (χ0) is 17.1. The lowest BCUT2D eigenvalue weighted by Gasteiger charge is -2.28. The molecule has 4 N–H and O–H groups in total. The summed E-state index contributed by atoms with van der Waals surface area (Å²) in [5.41, 5.74) is 16.4. The molecule has 1 saturated heterocycles. The van der Waals surface area contributed by atoms with E-state index in [1.54, 1.807) is 18.2 Å². The lowest BCUT2D eigenvalue weighted by molar-refractivity contribution is 0.0744. The van der Waals surface area contributed by atoms with Crippen molar-refractivity contribution in [2.24, 2.45) is 0 Å². The molecule has 0 spiro atoms. The molecule has 124 valence electrons. The summed E-state index contributed by atoms with van der Waals surface area (Å²) >= 11 is 0. The maximum Gasteiger partial charge on any atom is 0.253 e. The lowest BCUT2D eigenvalue weighted by atomic mass is 10.0. The van der Waals surface area contributed by atoms with Crippen LogP contribution >= 0.6 is 0 Å². The van der Waals surface area contributed by atoms with E-state index in [9.17, 15) is 4.79 Å². The smallest absolute Gasteiger partial charge is 0.253 e. The van der Waals surface area contributed by atoms with Gasteiger partial charge in [0, 0.05) is 24.3 Å². The van der Waals surface area contributed by atoms with Crippen LogP contribution in [0.25, 0.3) is 6.08 Å². The van der Waals surface area contributed by atoms with Crippen LogP contribution in [0.4, 0.5) is 11.4 Å². The summed E-state index contributed by atoms with van der Waals surface area (Å²) in [5, 5.41) is 0. The van der Waals surface area contributed by atoms with Gasteiger partial charge in [0.1, 0.15) is 0 Å². The first-order valence-electron chi connectivity index (χ1n) is 8.10. The topological polar surface area (TPSA) is 85.2 Å². The first-order chi connectivity index (χ1) is 11.5. The number of nitrogens with two attached hydrogens (primary N) is 2. The highest BCUT2D eigenvalue weighted by Crippen LogP contribution is 2.22. The summed E-state index contributed by atoms with van der Waals surface area (Å²) in [6.45, 7) is 3.41. The van der Waals surface area contributed by atoms with Crippen LogP contribution < -0.4 is 11.5 Å². The van der Waals surface area contributed by atoms with Gasteiger partial charge in [0.05, 0.1) is 17.1 Å². The number of piperidine rings is 1. The zero-order valence-corrected chi connectivity index (χ0v) is 13.8.